The molecule has 0 aliphatic heterocycles. The fourth-order valence-corrected chi connectivity index (χ4v) is 2.29. The van der Waals surface area contributed by atoms with Crippen LogP contribution in [0.3, 0.4) is 0 Å². The van der Waals surface area contributed by atoms with Crippen LogP contribution in [0, 0.1) is 5.92 Å². The van der Waals surface area contributed by atoms with Gasteiger partial charge >= 0.3 is 5.97 Å². The molecule has 0 saturated heterocycles. The molecular weight excluding hydrogens is 282 g/mol. The van der Waals surface area contributed by atoms with Crippen molar-refractivity contribution >= 4 is 22.8 Å². The van der Waals surface area contributed by atoms with Gasteiger partial charge in [0.2, 0.25) is 5.91 Å². The van der Waals surface area contributed by atoms with Crippen molar-refractivity contribution in [2.75, 3.05) is 0 Å². The first-order valence-electron chi connectivity index (χ1n) is 7.24. The second-order valence-electron chi connectivity index (χ2n) is 5.73. The summed E-state index contributed by atoms with van der Waals surface area (Å²) in [6.07, 6.45) is 1.98. The quantitative estimate of drug-likeness (QED) is 0.644. The van der Waals surface area contributed by atoms with Crippen LogP contribution >= 0.6 is 0 Å². The lowest BCUT2D eigenvalue weighted by molar-refractivity contribution is -0.142. The summed E-state index contributed by atoms with van der Waals surface area (Å²) >= 11 is 0. The molecule has 1 aromatic heterocycles. The predicted octanol–water partition coefficient (Wildman–Crippen LogP) is 1.26. The third-order valence-corrected chi connectivity index (χ3v) is 3.73. The number of aliphatic carboxylic acids is 1. The minimum atomic E-state index is -1.07. The molecule has 0 unspecified atom stereocenters. The highest BCUT2D eigenvalue weighted by Crippen LogP contribution is 2.19. The van der Waals surface area contributed by atoms with Crippen LogP contribution in [0.2, 0.25) is 0 Å². The summed E-state index contributed by atoms with van der Waals surface area (Å²) in [5, 5.41) is 12.8. The fraction of sp³-hybridized carbons (Fsp3) is 0.375. The first-order chi connectivity index (χ1) is 10.4. The average molecular weight is 303 g/mol. The number of nitrogens with one attached hydrogen (secondary N) is 2. The number of para-hydroxylation sites is 1. The number of carboxylic acids is 1. The van der Waals surface area contributed by atoms with E-state index in [0.29, 0.717) is 0 Å². The first kappa shape index (κ1) is 16.0. The number of hydrogen-bond donors (Lipinski definition) is 4. The Labute approximate surface area is 128 Å². The molecule has 6 nitrogen and oxygen atoms in total. The van der Waals surface area contributed by atoms with E-state index >= 15 is 0 Å². The Balaban J connectivity index is 2.16. The third-order valence-electron chi connectivity index (χ3n) is 3.73. The fourth-order valence-electron chi connectivity index (χ4n) is 2.29. The van der Waals surface area contributed by atoms with Crippen molar-refractivity contribution in [3.63, 3.8) is 0 Å². The van der Waals surface area contributed by atoms with Gasteiger partial charge in [0.15, 0.2) is 0 Å². The lowest BCUT2D eigenvalue weighted by atomic mass is 10.0. The number of carbonyl (C=O) groups excluding carboxylic acids is 1. The van der Waals surface area contributed by atoms with Crippen molar-refractivity contribution in [2.45, 2.75) is 32.4 Å². The molecule has 1 aromatic carbocycles. The lowest BCUT2D eigenvalue weighted by Crippen LogP contribution is -2.51. The maximum Gasteiger partial charge on any atom is 0.326 e. The second kappa shape index (κ2) is 6.62. The predicted molar refractivity (Wildman–Crippen MR) is 84.4 cm³/mol. The van der Waals surface area contributed by atoms with Gasteiger partial charge in [-0.05, 0) is 17.5 Å². The molecule has 2 rings (SSSR count). The monoisotopic (exact) mass is 303 g/mol. The molecule has 0 saturated carbocycles. The Bertz CT molecular complexity index is 678. The molecule has 2 aromatic rings. The molecule has 6 heteroatoms. The zero-order valence-electron chi connectivity index (χ0n) is 12.7. The van der Waals surface area contributed by atoms with E-state index in [1.165, 1.54) is 0 Å². The van der Waals surface area contributed by atoms with Crippen molar-refractivity contribution in [3.8, 4) is 0 Å². The summed E-state index contributed by atoms with van der Waals surface area (Å²) in [4.78, 5) is 26.5. The minimum Gasteiger partial charge on any atom is -0.480 e. The molecule has 22 heavy (non-hydrogen) atoms. The van der Waals surface area contributed by atoms with Gasteiger partial charge in [0.05, 0.1) is 6.04 Å². The van der Waals surface area contributed by atoms with E-state index in [9.17, 15) is 14.7 Å². The number of amides is 1. The maximum absolute atomic E-state index is 12.0. The molecular formula is C16H21N3O3. The number of carboxylic acid groups (broad SMARTS) is 1. The number of H-pyrrole nitrogens is 1. The van der Waals surface area contributed by atoms with Gasteiger partial charge in [-0.1, -0.05) is 32.0 Å². The zero-order chi connectivity index (χ0) is 16.3. The lowest BCUT2D eigenvalue weighted by Gasteiger charge is -2.19. The largest absolute Gasteiger partial charge is 0.480 e. The van der Waals surface area contributed by atoms with Gasteiger partial charge in [0.25, 0.3) is 0 Å². The van der Waals surface area contributed by atoms with E-state index in [1.54, 1.807) is 6.20 Å². The number of hydrogen-bond acceptors (Lipinski definition) is 3. The van der Waals surface area contributed by atoms with Crippen LogP contribution in [0.25, 0.3) is 10.9 Å². The summed E-state index contributed by atoms with van der Waals surface area (Å²) in [7, 11) is 0. The molecule has 0 bridgehead atoms. The third kappa shape index (κ3) is 3.46. The van der Waals surface area contributed by atoms with Gasteiger partial charge in [-0.3, -0.25) is 4.79 Å². The normalized spacial score (nSPS) is 14.0. The summed E-state index contributed by atoms with van der Waals surface area (Å²) in [5.41, 5.74) is 7.55. The molecule has 5 N–H and O–H groups in total. The Morgan fingerprint density at radius 2 is 2.00 bits per heavy atom. The second-order valence-corrected chi connectivity index (χ2v) is 5.73. The Morgan fingerprint density at radius 3 is 2.64 bits per heavy atom. The minimum absolute atomic E-state index is 0.0532. The van der Waals surface area contributed by atoms with Gasteiger partial charge in [-0.25, -0.2) is 4.79 Å². The van der Waals surface area contributed by atoms with Gasteiger partial charge in [0, 0.05) is 23.5 Å². The number of nitrogens with two attached hydrogens (primary N) is 1. The molecule has 1 heterocycles. The smallest absolute Gasteiger partial charge is 0.326 e. The molecule has 1 amide bonds. The van der Waals surface area contributed by atoms with Crippen molar-refractivity contribution in [1.29, 1.82) is 0 Å². The van der Waals surface area contributed by atoms with E-state index in [2.05, 4.69) is 10.3 Å². The van der Waals surface area contributed by atoms with Gasteiger partial charge < -0.3 is 21.1 Å². The summed E-state index contributed by atoms with van der Waals surface area (Å²) in [6, 6.07) is 5.91. The van der Waals surface area contributed by atoms with Crippen molar-refractivity contribution in [2.24, 2.45) is 11.7 Å². The van der Waals surface area contributed by atoms with Crippen molar-refractivity contribution in [1.82, 2.24) is 10.3 Å². The average Bonchev–Trinajstić information content (AvgIpc) is 2.88. The number of fused-ring (bicyclic) bond motifs is 1. The molecule has 0 aliphatic carbocycles. The van der Waals surface area contributed by atoms with Crippen molar-refractivity contribution < 1.29 is 14.7 Å². The van der Waals surface area contributed by atoms with Crippen LogP contribution < -0.4 is 11.1 Å². The van der Waals surface area contributed by atoms with Crippen LogP contribution in [-0.2, 0) is 16.0 Å². The van der Waals surface area contributed by atoms with Crippen LogP contribution in [0.15, 0.2) is 30.5 Å². The molecule has 2 atom stereocenters. The number of carbonyl (C=O) groups is 2. The molecule has 118 valence electrons. The molecule has 0 spiro atoms. The van der Waals surface area contributed by atoms with E-state index in [4.69, 9.17) is 5.73 Å². The summed E-state index contributed by atoms with van der Waals surface area (Å²) in [6.45, 7) is 3.64. The summed E-state index contributed by atoms with van der Waals surface area (Å²) in [5.74, 6) is -1.57. The molecule has 0 aliphatic rings. The SMILES string of the molecule is CC(C)[C@@H](N)C(=O)N[C@@H](Cc1c[nH]c2ccccc12)C(=O)O. The summed E-state index contributed by atoms with van der Waals surface area (Å²) < 4.78 is 0. The van der Waals surface area contributed by atoms with Gasteiger partial charge in [-0.2, -0.15) is 0 Å². The van der Waals surface area contributed by atoms with Crippen molar-refractivity contribution in [3.05, 3.63) is 36.0 Å². The first-order valence-corrected chi connectivity index (χ1v) is 7.24. The Morgan fingerprint density at radius 1 is 1.32 bits per heavy atom. The highest BCUT2D eigenvalue weighted by atomic mass is 16.4. The van der Waals surface area contributed by atoms with E-state index in [0.717, 1.165) is 16.5 Å². The van der Waals surface area contributed by atoms with Crippen LogP contribution in [0.1, 0.15) is 19.4 Å². The number of benzene rings is 1. The standard InChI is InChI=1S/C16H21N3O3/c1-9(2)14(17)15(20)19-13(16(21)22)7-10-8-18-12-6-4-3-5-11(10)12/h3-6,8-9,13-14,18H,7,17H2,1-2H3,(H,19,20)(H,21,22)/t13-,14+/m0/s1. The number of aromatic nitrogens is 1. The van der Waals surface area contributed by atoms with Crippen LogP contribution in [0.5, 0.6) is 0 Å². The molecule has 0 fully saturated rings. The zero-order valence-corrected chi connectivity index (χ0v) is 12.7. The Kier molecular flexibility index (Phi) is 4.82. The molecule has 0 radical (unpaired) electrons. The maximum atomic E-state index is 12.0. The number of aromatic amines is 1. The van der Waals surface area contributed by atoms with Gasteiger partial charge in [0.1, 0.15) is 6.04 Å². The van der Waals surface area contributed by atoms with E-state index in [1.807, 2.05) is 38.1 Å². The van der Waals surface area contributed by atoms with E-state index < -0.39 is 24.0 Å². The highest BCUT2D eigenvalue weighted by molar-refractivity contribution is 5.88. The topological polar surface area (TPSA) is 108 Å². The van der Waals surface area contributed by atoms with E-state index in [-0.39, 0.29) is 12.3 Å². The number of rotatable bonds is 6. The Hall–Kier alpha value is -2.34. The van der Waals surface area contributed by atoms with Crippen LogP contribution in [0.4, 0.5) is 0 Å². The van der Waals surface area contributed by atoms with Crippen LogP contribution in [-0.4, -0.2) is 34.1 Å². The highest BCUT2D eigenvalue weighted by Gasteiger charge is 2.25. The van der Waals surface area contributed by atoms with Gasteiger partial charge in [-0.15, -0.1) is 0 Å².